The smallest absolute Gasteiger partial charge is 0.203 e. The van der Waals surface area contributed by atoms with Gasteiger partial charge in [-0.05, 0) is 43.0 Å². The molecule has 5 heteroatoms. The van der Waals surface area contributed by atoms with Gasteiger partial charge in [-0.15, -0.1) is 11.8 Å². The van der Waals surface area contributed by atoms with E-state index in [1.807, 2.05) is 11.8 Å². The second kappa shape index (κ2) is 7.72. The Morgan fingerprint density at radius 2 is 2.00 bits per heavy atom. The third-order valence-electron chi connectivity index (χ3n) is 5.05. The molecule has 1 unspecified atom stereocenters. The van der Waals surface area contributed by atoms with E-state index in [0.29, 0.717) is 6.04 Å². The van der Waals surface area contributed by atoms with E-state index in [2.05, 4.69) is 77.3 Å². The van der Waals surface area contributed by atoms with Crippen LogP contribution in [-0.2, 0) is 0 Å². The van der Waals surface area contributed by atoms with Crippen LogP contribution in [0, 0.1) is 0 Å². The Labute approximate surface area is 159 Å². The van der Waals surface area contributed by atoms with E-state index in [0.717, 1.165) is 42.4 Å². The van der Waals surface area contributed by atoms with Crippen LogP contribution in [0.25, 0.3) is 11.0 Å². The summed E-state index contributed by atoms with van der Waals surface area (Å²) < 4.78 is 0. The zero-order valence-corrected chi connectivity index (χ0v) is 16.3. The van der Waals surface area contributed by atoms with E-state index in [1.165, 1.54) is 16.9 Å². The van der Waals surface area contributed by atoms with Crippen LogP contribution in [-0.4, -0.2) is 47.3 Å². The molecule has 1 aliphatic heterocycles. The van der Waals surface area contributed by atoms with E-state index in [9.17, 15) is 0 Å². The number of nitrogens with one attached hydrogen (secondary N) is 1. The zero-order chi connectivity index (χ0) is 17.9. The van der Waals surface area contributed by atoms with Crippen molar-refractivity contribution in [2.75, 3.05) is 37.3 Å². The fourth-order valence-electron chi connectivity index (χ4n) is 3.54. The van der Waals surface area contributed by atoms with Crippen molar-refractivity contribution >= 4 is 28.7 Å². The number of anilines is 1. The Hall–Kier alpha value is -1.98. The van der Waals surface area contributed by atoms with Crippen molar-refractivity contribution < 1.29 is 0 Å². The number of thioether (sulfide) groups is 1. The molecule has 1 aromatic heterocycles. The Morgan fingerprint density at radius 3 is 2.81 bits per heavy atom. The lowest BCUT2D eigenvalue weighted by Crippen LogP contribution is -2.47. The van der Waals surface area contributed by atoms with Crippen molar-refractivity contribution in [2.24, 2.45) is 0 Å². The number of hydrogen-bond acceptors (Lipinski definition) is 4. The number of aromatic amines is 1. The lowest BCUT2D eigenvalue weighted by molar-refractivity contribution is 0.220. The number of nitrogens with zero attached hydrogens (tertiary/aromatic N) is 3. The molecule has 136 valence electrons. The van der Waals surface area contributed by atoms with Crippen molar-refractivity contribution in [1.29, 1.82) is 0 Å². The first kappa shape index (κ1) is 17.4. The molecule has 1 saturated heterocycles. The van der Waals surface area contributed by atoms with Crippen molar-refractivity contribution in [1.82, 2.24) is 14.9 Å². The summed E-state index contributed by atoms with van der Waals surface area (Å²) in [6.07, 6.45) is 1.19. The molecule has 0 saturated carbocycles. The van der Waals surface area contributed by atoms with Crippen LogP contribution in [0.5, 0.6) is 0 Å². The van der Waals surface area contributed by atoms with Gasteiger partial charge in [0.05, 0.1) is 17.1 Å². The predicted octanol–water partition coefficient (Wildman–Crippen LogP) is 4.56. The standard InChI is InChI=1S/C21H26N4S/c1-3-13-26-17-9-10-18-19(14-17)23-21(22-18)25-12-11-24(2)20(15-25)16-7-5-4-6-8-16/h4-10,14,20H,3,11-13,15H2,1-2H3,(H,22,23). The molecule has 26 heavy (non-hydrogen) atoms. The summed E-state index contributed by atoms with van der Waals surface area (Å²) in [5.74, 6) is 2.15. The molecule has 1 aliphatic rings. The van der Waals surface area contributed by atoms with Crippen LogP contribution in [0.4, 0.5) is 5.95 Å². The van der Waals surface area contributed by atoms with Crippen molar-refractivity contribution in [3.8, 4) is 0 Å². The monoisotopic (exact) mass is 366 g/mol. The van der Waals surface area contributed by atoms with Gasteiger partial charge in [-0.3, -0.25) is 4.90 Å². The number of likely N-dealkylation sites (N-methyl/N-ethyl adjacent to an activating group) is 1. The predicted molar refractivity (Wildman–Crippen MR) is 111 cm³/mol. The van der Waals surface area contributed by atoms with Gasteiger partial charge in [-0.2, -0.15) is 0 Å². The first-order valence-electron chi connectivity index (χ1n) is 9.37. The number of rotatable bonds is 5. The fourth-order valence-corrected chi connectivity index (χ4v) is 4.34. The van der Waals surface area contributed by atoms with Gasteiger partial charge in [-0.25, -0.2) is 4.98 Å². The molecule has 0 amide bonds. The van der Waals surface area contributed by atoms with Crippen molar-refractivity contribution in [2.45, 2.75) is 24.3 Å². The van der Waals surface area contributed by atoms with Crippen molar-refractivity contribution in [3.05, 3.63) is 54.1 Å². The maximum Gasteiger partial charge on any atom is 0.203 e. The van der Waals surface area contributed by atoms with Gasteiger partial charge in [0.15, 0.2) is 0 Å². The van der Waals surface area contributed by atoms with Crippen LogP contribution < -0.4 is 4.90 Å². The molecule has 1 fully saturated rings. The van der Waals surface area contributed by atoms with Crippen LogP contribution in [0.2, 0.25) is 0 Å². The van der Waals surface area contributed by atoms with E-state index in [4.69, 9.17) is 4.98 Å². The number of imidazole rings is 1. The third-order valence-corrected chi connectivity index (χ3v) is 6.25. The fraction of sp³-hybridized carbons (Fsp3) is 0.381. The zero-order valence-electron chi connectivity index (χ0n) is 15.5. The Balaban J connectivity index is 1.56. The molecule has 3 aromatic rings. The molecule has 2 aromatic carbocycles. The lowest BCUT2D eigenvalue weighted by atomic mass is 10.0. The average molecular weight is 367 g/mol. The van der Waals surface area contributed by atoms with Gasteiger partial charge in [0.1, 0.15) is 0 Å². The minimum atomic E-state index is 0.397. The molecule has 4 rings (SSSR count). The van der Waals surface area contributed by atoms with Gasteiger partial charge in [0.25, 0.3) is 0 Å². The topological polar surface area (TPSA) is 35.2 Å². The SMILES string of the molecule is CCCSc1ccc2nc(N3CCN(C)C(c4ccccc4)C3)[nH]c2c1. The highest BCUT2D eigenvalue weighted by atomic mass is 32.2. The van der Waals surface area contributed by atoms with Crippen molar-refractivity contribution in [3.63, 3.8) is 0 Å². The van der Waals surface area contributed by atoms with Crippen LogP contribution in [0.1, 0.15) is 24.9 Å². The van der Waals surface area contributed by atoms with Gasteiger partial charge in [0.2, 0.25) is 5.95 Å². The van der Waals surface area contributed by atoms with Crippen LogP contribution in [0.3, 0.4) is 0 Å². The summed E-state index contributed by atoms with van der Waals surface area (Å²) >= 11 is 1.91. The number of benzene rings is 2. The van der Waals surface area contributed by atoms with Gasteiger partial charge in [0, 0.05) is 24.5 Å². The molecule has 2 heterocycles. The highest BCUT2D eigenvalue weighted by Crippen LogP contribution is 2.29. The molecule has 0 bridgehead atoms. The highest BCUT2D eigenvalue weighted by Gasteiger charge is 2.27. The van der Waals surface area contributed by atoms with E-state index in [1.54, 1.807) is 0 Å². The Morgan fingerprint density at radius 1 is 1.15 bits per heavy atom. The van der Waals surface area contributed by atoms with E-state index < -0.39 is 0 Å². The first-order chi connectivity index (χ1) is 12.7. The molecule has 1 atom stereocenters. The van der Waals surface area contributed by atoms with E-state index >= 15 is 0 Å². The minimum Gasteiger partial charge on any atom is -0.339 e. The molecule has 0 radical (unpaired) electrons. The van der Waals surface area contributed by atoms with Gasteiger partial charge < -0.3 is 9.88 Å². The summed E-state index contributed by atoms with van der Waals surface area (Å²) in [5.41, 5.74) is 3.56. The summed E-state index contributed by atoms with van der Waals surface area (Å²) in [6, 6.07) is 17.7. The van der Waals surface area contributed by atoms with E-state index in [-0.39, 0.29) is 0 Å². The Kier molecular flexibility index (Phi) is 5.18. The number of piperazine rings is 1. The second-order valence-corrected chi connectivity index (χ2v) is 8.11. The quantitative estimate of drug-likeness (QED) is 0.672. The molecular weight excluding hydrogens is 340 g/mol. The molecular formula is C21H26N4S. The summed E-state index contributed by atoms with van der Waals surface area (Å²) in [7, 11) is 2.21. The second-order valence-electron chi connectivity index (χ2n) is 6.94. The number of aromatic nitrogens is 2. The molecule has 0 aliphatic carbocycles. The lowest BCUT2D eigenvalue weighted by Gasteiger charge is -2.39. The number of hydrogen-bond donors (Lipinski definition) is 1. The molecule has 0 spiro atoms. The normalized spacial score (nSPS) is 18.5. The molecule has 4 nitrogen and oxygen atoms in total. The Bertz CT molecular complexity index is 861. The molecule has 1 N–H and O–H groups in total. The number of H-pyrrole nitrogens is 1. The minimum absolute atomic E-state index is 0.397. The summed E-state index contributed by atoms with van der Waals surface area (Å²) in [4.78, 5) is 14.5. The maximum atomic E-state index is 4.85. The first-order valence-corrected chi connectivity index (χ1v) is 10.4. The summed E-state index contributed by atoms with van der Waals surface area (Å²) in [5, 5.41) is 0. The van der Waals surface area contributed by atoms with Gasteiger partial charge >= 0.3 is 0 Å². The van der Waals surface area contributed by atoms with Gasteiger partial charge in [-0.1, -0.05) is 37.3 Å². The van der Waals surface area contributed by atoms with Crippen LogP contribution >= 0.6 is 11.8 Å². The maximum absolute atomic E-state index is 4.85. The largest absolute Gasteiger partial charge is 0.339 e. The van der Waals surface area contributed by atoms with Crippen LogP contribution in [0.15, 0.2) is 53.4 Å². The highest BCUT2D eigenvalue weighted by molar-refractivity contribution is 7.99. The summed E-state index contributed by atoms with van der Waals surface area (Å²) in [6.45, 7) is 5.21. The average Bonchev–Trinajstić information content (AvgIpc) is 3.10. The number of fused-ring (bicyclic) bond motifs is 1. The third kappa shape index (κ3) is 3.60.